The van der Waals surface area contributed by atoms with Crippen molar-refractivity contribution < 1.29 is 4.74 Å². The SMILES string of the molecule is Cn1ccnc1[C@@H]1OCCC[C@H]1CNCc1nc(C2CC2)n[nH]1. The van der Waals surface area contributed by atoms with Gasteiger partial charge in [-0.25, -0.2) is 9.97 Å². The van der Waals surface area contributed by atoms with Crippen LogP contribution < -0.4 is 5.32 Å². The molecule has 2 aliphatic rings. The normalized spacial score (nSPS) is 24.9. The summed E-state index contributed by atoms with van der Waals surface area (Å²) in [5, 5.41) is 10.8. The first-order valence-corrected chi connectivity index (χ1v) is 8.52. The summed E-state index contributed by atoms with van der Waals surface area (Å²) < 4.78 is 8.06. The number of aromatic nitrogens is 5. The smallest absolute Gasteiger partial charge is 0.153 e. The molecule has 2 aromatic rings. The molecule has 7 nitrogen and oxygen atoms in total. The molecule has 7 heteroatoms. The van der Waals surface area contributed by atoms with Gasteiger partial charge in [0.2, 0.25) is 0 Å². The largest absolute Gasteiger partial charge is 0.370 e. The molecule has 0 spiro atoms. The maximum absolute atomic E-state index is 6.00. The summed E-state index contributed by atoms with van der Waals surface area (Å²) in [4.78, 5) is 9.03. The Hall–Kier alpha value is -1.73. The highest BCUT2D eigenvalue weighted by Gasteiger charge is 2.30. The molecule has 0 radical (unpaired) electrons. The number of hydrogen-bond donors (Lipinski definition) is 2. The molecule has 2 N–H and O–H groups in total. The van der Waals surface area contributed by atoms with Gasteiger partial charge in [0.15, 0.2) is 5.82 Å². The van der Waals surface area contributed by atoms with Gasteiger partial charge < -0.3 is 14.6 Å². The molecule has 2 fully saturated rings. The Morgan fingerprint density at radius 1 is 1.39 bits per heavy atom. The van der Waals surface area contributed by atoms with Crippen molar-refractivity contribution in [1.82, 2.24) is 30.0 Å². The minimum atomic E-state index is 0.0769. The van der Waals surface area contributed by atoms with E-state index in [1.54, 1.807) is 0 Å². The van der Waals surface area contributed by atoms with Crippen LogP contribution in [0.3, 0.4) is 0 Å². The van der Waals surface area contributed by atoms with Crippen molar-refractivity contribution >= 4 is 0 Å². The van der Waals surface area contributed by atoms with E-state index in [0.717, 1.165) is 50.0 Å². The molecular formula is C16H24N6O. The van der Waals surface area contributed by atoms with Crippen LogP contribution in [0.25, 0.3) is 0 Å². The van der Waals surface area contributed by atoms with Crippen LogP contribution in [0.1, 0.15) is 55.2 Å². The van der Waals surface area contributed by atoms with Gasteiger partial charge in [0.25, 0.3) is 0 Å². The van der Waals surface area contributed by atoms with E-state index in [1.807, 2.05) is 19.4 Å². The highest BCUT2D eigenvalue weighted by atomic mass is 16.5. The van der Waals surface area contributed by atoms with Crippen LogP contribution in [-0.4, -0.2) is 37.9 Å². The Balaban J connectivity index is 1.33. The quantitative estimate of drug-likeness (QED) is 0.847. The van der Waals surface area contributed by atoms with Crippen molar-refractivity contribution in [3.05, 3.63) is 29.9 Å². The second kappa shape index (κ2) is 6.41. The van der Waals surface area contributed by atoms with Crippen LogP contribution in [0.5, 0.6) is 0 Å². The molecule has 23 heavy (non-hydrogen) atoms. The summed E-state index contributed by atoms with van der Waals surface area (Å²) in [6, 6.07) is 0. The van der Waals surface area contributed by atoms with Gasteiger partial charge >= 0.3 is 0 Å². The Labute approximate surface area is 135 Å². The molecule has 4 rings (SSSR count). The number of aromatic amines is 1. The number of ether oxygens (including phenoxy) is 1. The van der Waals surface area contributed by atoms with Crippen molar-refractivity contribution in [3.63, 3.8) is 0 Å². The minimum absolute atomic E-state index is 0.0769. The van der Waals surface area contributed by atoms with E-state index >= 15 is 0 Å². The topological polar surface area (TPSA) is 80.7 Å². The van der Waals surface area contributed by atoms with Gasteiger partial charge in [-0.1, -0.05) is 0 Å². The fourth-order valence-corrected chi connectivity index (χ4v) is 3.28. The van der Waals surface area contributed by atoms with E-state index in [9.17, 15) is 0 Å². The van der Waals surface area contributed by atoms with Gasteiger partial charge in [-0.15, -0.1) is 0 Å². The fourth-order valence-electron chi connectivity index (χ4n) is 3.28. The molecule has 1 aliphatic carbocycles. The molecule has 0 aromatic carbocycles. The lowest BCUT2D eigenvalue weighted by atomic mass is 9.93. The van der Waals surface area contributed by atoms with Gasteiger partial charge in [-0.05, 0) is 25.7 Å². The third-order valence-corrected chi connectivity index (χ3v) is 4.75. The van der Waals surface area contributed by atoms with E-state index in [-0.39, 0.29) is 6.10 Å². The maximum atomic E-state index is 6.00. The maximum Gasteiger partial charge on any atom is 0.153 e. The number of H-pyrrole nitrogens is 1. The minimum Gasteiger partial charge on any atom is -0.370 e. The Bertz CT molecular complexity index is 647. The summed E-state index contributed by atoms with van der Waals surface area (Å²) >= 11 is 0. The lowest BCUT2D eigenvalue weighted by molar-refractivity contribution is -0.0344. The van der Waals surface area contributed by atoms with Crippen molar-refractivity contribution in [2.45, 2.75) is 44.2 Å². The van der Waals surface area contributed by atoms with E-state index in [0.29, 0.717) is 11.8 Å². The van der Waals surface area contributed by atoms with Gasteiger partial charge in [-0.2, -0.15) is 5.10 Å². The second-order valence-corrected chi connectivity index (χ2v) is 6.64. The van der Waals surface area contributed by atoms with Crippen molar-refractivity contribution in [3.8, 4) is 0 Å². The van der Waals surface area contributed by atoms with Crippen LogP contribution in [0.2, 0.25) is 0 Å². The lowest BCUT2D eigenvalue weighted by Gasteiger charge is -2.31. The molecule has 1 aliphatic heterocycles. The number of imidazole rings is 1. The number of nitrogens with zero attached hydrogens (tertiary/aromatic N) is 4. The summed E-state index contributed by atoms with van der Waals surface area (Å²) in [7, 11) is 2.03. The summed E-state index contributed by atoms with van der Waals surface area (Å²) in [6.07, 6.45) is 8.63. The zero-order valence-electron chi connectivity index (χ0n) is 13.5. The summed E-state index contributed by atoms with van der Waals surface area (Å²) in [6.45, 7) is 2.45. The third kappa shape index (κ3) is 3.30. The summed E-state index contributed by atoms with van der Waals surface area (Å²) in [5.41, 5.74) is 0. The monoisotopic (exact) mass is 316 g/mol. The highest BCUT2D eigenvalue weighted by molar-refractivity contribution is 5.05. The molecule has 0 bridgehead atoms. The van der Waals surface area contributed by atoms with E-state index in [1.165, 1.54) is 12.8 Å². The average molecular weight is 316 g/mol. The predicted molar refractivity (Wildman–Crippen MR) is 84.7 cm³/mol. The molecule has 1 saturated heterocycles. The number of hydrogen-bond acceptors (Lipinski definition) is 5. The van der Waals surface area contributed by atoms with Gasteiger partial charge in [0.1, 0.15) is 17.8 Å². The Morgan fingerprint density at radius 3 is 3.09 bits per heavy atom. The van der Waals surface area contributed by atoms with Crippen molar-refractivity contribution in [2.75, 3.05) is 13.2 Å². The second-order valence-electron chi connectivity index (χ2n) is 6.64. The molecule has 2 atom stereocenters. The van der Waals surface area contributed by atoms with Crippen molar-refractivity contribution in [1.29, 1.82) is 0 Å². The molecule has 1 saturated carbocycles. The van der Waals surface area contributed by atoms with Gasteiger partial charge in [0, 0.05) is 44.4 Å². The van der Waals surface area contributed by atoms with Crippen LogP contribution in [0.4, 0.5) is 0 Å². The van der Waals surface area contributed by atoms with Gasteiger partial charge in [0.05, 0.1) is 6.54 Å². The van der Waals surface area contributed by atoms with E-state index in [2.05, 4.69) is 30.0 Å². The standard InChI is InChI=1S/C16H24N6O/c1-22-7-6-18-16(22)14-12(3-2-8-23-14)9-17-10-13-19-15(21-20-13)11-4-5-11/h6-7,11-12,14,17H,2-5,8-10H2,1H3,(H,19,20,21)/t12-,14+/m0/s1. The van der Waals surface area contributed by atoms with Crippen LogP contribution in [0, 0.1) is 5.92 Å². The van der Waals surface area contributed by atoms with Crippen molar-refractivity contribution in [2.24, 2.45) is 13.0 Å². The molecule has 124 valence electrons. The van der Waals surface area contributed by atoms with Gasteiger partial charge in [-0.3, -0.25) is 5.10 Å². The first kappa shape index (κ1) is 14.8. The molecule has 0 unspecified atom stereocenters. The number of aryl methyl sites for hydroxylation is 1. The van der Waals surface area contributed by atoms with E-state index < -0.39 is 0 Å². The predicted octanol–water partition coefficient (Wildman–Crippen LogP) is 1.67. The number of nitrogens with one attached hydrogen (secondary N) is 2. The molecule has 3 heterocycles. The molecule has 0 amide bonds. The van der Waals surface area contributed by atoms with Crippen LogP contribution in [-0.2, 0) is 18.3 Å². The van der Waals surface area contributed by atoms with E-state index in [4.69, 9.17) is 4.74 Å². The lowest BCUT2D eigenvalue weighted by Crippen LogP contribution is -2.33. The Morgan fingerprint density at radius 2 is 2.30 bits per heavy atom. The van der Waals surface area contributed by atoms with Crippen LogP contribution in [0.15, 0.2) is 12.4 Å². The fraction of sp³-hybridized carbons (Fsp3) is 0.688. The third-order valence-electron chi connectivity index (χ3n) is 4.75. The highest BCUT2D eigenvalue weighted by Crippen LogP contribution is 2.37. The first-order chi connectivity index (χ1) is 11.3. The first-order valence-electron chi connectivity index (χ1n) is 8.52. The molecule has 2 aromatic heterocycles. The summed E-state index contributed by atoms with van der Waals surface area (Å²) in [5.74, 6) is 3.97. The number of rotatable bonds is 6. The zero-order valence-corrected chi connectivity index (χ0v) is 13.5. The average Bonchev–Trinajstić information content (AvgIpc) is 3.16. The van der Waals surface area contributed by atoms with Crippen LogP contribution >= 0.6 is 0 Å². The molecular weight excluding hydrogens is 292 g/mol. The zero-order chi connectivity index (χ0) is 15.6. The Kier molecular flexibility index (Phi) is 4.13.